The van der Waals surface area contributed by atoms with Gasteiger partial charge < -0.3 is 19.3 Å². The second kappa shape index (κ2) is 18.4. The third-order valence-corrected chi connectivity index (χ3v) is 9.90. The molecule has 2 N–H and O–H groups in total. The lowest BCUT2D eigenvalue weighted by molar-refractivity contribution is -0.118. The molecule has 0 spiro atoms. The average molecular weight is 739 g/mol. The third kappa shape index (κ3) is 13.1. The van der Waals surface area contributed by atoms with Gasteiger partial charge in [-0.05, 0) is 106 Å². The van der Waals surface area contributed by atoms with Crippen LogP contribution in [0.4, 0.5) is 0 Å². The molecular weight excluding hydrogens is 671 g/mol. The Kier molecular flexibility index (Phi) is 16.0. The lowest BCUT2D eigenvalue weighted by atomic mass is 9.78. The van der Waals surface area contributed by atoms with E-state index < -0.39 is 21.5 Å². The normalized spacial score (nSPS) is 14.1. The van der Waals surface area contributed by atoms with Crippen LogP contribution < -0.4 is 0 Å². The largest absolute Gasteiger partial charge is 0.507 e. The molecule has 290 valence electrons. The summed E-state index contributed by atoms with van der Waals surface area (Å²) in [5, 5.41) is 22.3. The van der Waals surface area contributed by atoms with E-state index in [0.717, 1.165) is 59.1 Å². The summed E-state index contributed by atoms with van der Waals surface area (Å²) in [6, 6.07) is 7.71. The number of unbranched alkanes of at least 4 members (excludes halogenated alkanes) is 2. The van der Waals surface area contributed by atoms with E-state index in [-0.39, 0.29) is 44.7 Å². The highest BCUT2D eigenvalue weighted by molar-refractivity contribution is 7.33. The Morgan fingerprint density at radius 2 is 0.846 bits per heavy atom. The van der Waals surface area contributed by atoms with Crippen LogP contribution in [-0.2, 0) is 44.9 Å². The van der Waals surface area contributed by atoms with Crippen LogP contribution in [-0.4, -0.2) is 35.0 Å². The number of carbonyl (C=O) groups is 2. The number of hydrogen-bond acceptors (Lipinski definition) is 7. The van der Waals surface area contributed by atoms with Gasteiger partial charge in [0.25, 0.3) is 0 Å². The average Bonchev–Trinajstić information content (AvgIpc) is 3.01. The van der Waals surface area contributed by atoms with Crippen molar-refractivity contribution in [2.24, 2.45) is 0 Å². The molecular formula is C44H67O7P. The molecule has 0 aromatic heterocycles. The van der Waals surface area contributed by atoms with Gasteiger partial charge in [-0.15, -0.1) is 0 Å². The molecule has 52 heavy (non-hydrogen) atoms. The molecule has 0 unspecified atom stereocenters. The second-order valence-corrected chi connectivity index (χ2v) is 19.2. The fraction of sp³-hybridized carbons (Fsp3) is 0.591. The first kappa shape index (κ1) is 45.2. The van der Waals surface area contributed by atoms with Crippen LogP contribution in [0, 0.1) is 0 Å². The number of ketones is 2. The minimum absolute atomic E-state index is 0.271. The van der Waals surface area contributed by atoms with Crippen molar-refractivity contribution in [1.82, 2.24) is 0 Å². The quantitative estimate of drug-likeness (QED) is 0.130. The molecule has 0 amide bonds. The van der Waals surface area contributed by atoms with Crippen molar-refractivity contribution in [3.05, 3.63) is 68.8 Å². The first-order chi connectivity index (χ1) is 23.8. The van der Waals surface area contributed by atoms with E-state index in [1.54, 1.807) is 0 Å². The number of benzene rings is 2. The van der Waals surface area contributed by atoms with Gasteiger partial charge in [0, 0.05) is 22.3 Å². The van der Waals surface area contributed by atoms with Crippen LogP contribution in [0.25, 0.3) is 12.2 Å². The molecule has 0 atom stereocenters. The highest BCUT2D eigenvalue weighted by Crippen LogP contribution is 2.42. The zero-order valence-corrected chi connectivity index (χ0v) is 35.6. The van der Waals surface area contributed by atoms with Crippen molar-refractivity contribution >= 4 is 32.0 Å². The summed E-state index contributed by atoms with van der Waals surface area (Å²) in [6.45, 7) is 27.8. The van der Waals surface area contributed by atoms with Gasteiger partial charge in [-0.3, -0.25) is 14.2 Å². The fourth-order valence-corrected chi connectivity index (χ4v) is 6.55. The van der Waals surface area contributed by atoms with E-state index in [4.69, 9.17) is 9.05 Å². The number of aromatic hydroxyl groups is 2. The van der Waals surface area contributed by atoms with Crippen LogP contribution in [0.15, 0.2) is 35.4 Å². The van der Waals surface area contributed by atoms with E-state index in [1.165, 1.54) is 0 Å². The van der Waals surface area contributed by atoms with Crippen LogP contribution in [0.2, 0.25) is 0 Å². The van der Waals surface area contributed by atoms with Crippen molar-refractivity contribution in [3.8, 4) is 11.5 Å². The molecule has 2 aromatic rings. The molecule has 0 bridgehead atoms. The molecule has 0 saturated carbocycles. The monoisotopic (exact) mass is 738 g/mol. The van der Waals surface area contributed by atoms with E-state index in [9.17, 15) is 24.4 Å². The van der Waals surface area contributed by atoms with Crippen LogP contribution in [0.3, 0.4) is 0 Å². The van der Waals surface area contributed by atoms with Crippen molar-refractivity contribution in [1.29, 1.82) is 0 Å². The third-order valence-electron chi connectivity index (χ3n) is 9.14. The van der Waals surface area contributed by atoms with Gasteiger partial charge >= 0.3 is 8.25 Å². The van der Waals surface area contributed by atoms with Crippen molar-refractivity contribution in [3.63, 3.8) is 0 Å². The standard InChI is InChI=1S/C44H67O7P/c1-15-17-19-31(21-29-23-33(41(3,4)5)39(47)34(24-29)42(6,7)8)37(45)27-50-52(49)51-28-38(46)32(20-18-16-2)22-30-25-35(43(9,10)11)40(48)36(26-30)44(12,13)14/h21-26,47-48,52H,15-20,27-28H2,1-14H3/b31-21+,32-22+. The van der Waals surface area contributed by atoms with Gasteiger partial charge in [-0.25, -0.2) is 0 Å². The van der Waals surface area contributed by atoms with E-state index in [2.05, 4.69) is 13.8 Å². The summed E-state index contributed by atoms with van der Waals surface area (Å²) in [7, 11) is -3.16. The summed E-state index contributed by atoms with van der Waals surface area (Å²) in [5.41, 5.74) is 4.63. The minimum Gasteiger partial charge on any atom is -0.507 e. The molecule has 2 rings (SSSR count). The first-order valence-corrected chi connectivity index (χ1v) is 20.1. The Bertz CT molecular complexity index is 1460. The number of rotatable bonds is 16. The molecule has 0 saturated heterocycles. The zero-order chi connectivity index (χ0) is 39.8. The highest BCUT2D eigenvalue weighted by atomic mass is 31.1. The smallest absolute Gasteiger partial charge is 0.320 e. The van der Waals surface area contributed by atoms with Gasteiger partial charge in [0.15, 0.2) is 11.6 Å². The second-order valence-electron chi connectivity index (χ2n) is 18.1. The molecule has 0 aliphatic carbocycles. The molecule has 8 heteroatoms. The summed E-state index contributed by atoms with van der Waals surface area (Å²) < 4.78 is 23.7. The molecule has 2 aromatic carbocycles. The molecule has 0 fully saturated rings. The number of phenols is 2. The van der Waals surface area contributed by atoms with Crippen LogP contribution in [0.1, 0.15) is 169 Å². The summed E-state index contributed by atoms with van der Waals surface area (Å²) >= 11 is 0. The van der Waals surface area contributed by atoms with Crippen molar-refractivity contribution in [2.75, 3.05) is 13.2 Å². The Morgan fingerprint density at radius 1 is 0.577 bits per heavy atom. The van der Waals surface area contributed by atoms with Gasteiger partial charge in [-0.1, -0.05) is 110 Å². The predicted octanol–water partition coefficient (Wildman–Crippen LogP) is 11.7. The van der Waals surface area contributed by atoms with Crippen molar-refractivity contribution < 1.29 is 33.4 Å². The van der Waals surface area contributed by atoms with Gasteiger partial charge in [0.2, 0.25) is 0 Å². The SMILES string of the molecule is CCCC/C(=C\c1cc(C(C)(C)C)c(O)c(C(C)(C)C)c1)C(=O)CO[PH](=O)OCC(=O)/C(=C/c1cc(C(C)(C)C)c(O)c(C(C)(C)C)c1)CCCC. The van der Waals surface area contributed by atoms with Crippen LogP contribution in [0.5, 0.6) is 11.5 Å². The van der Waals surface area contributed by atoms with Crippen molar-refractivity contribution in [2.45, 2.75) is 157 Å². The Labute approximate surface area is 315 Å². The highest BCUT2D eigenvalue weighted by Gasteiger charge is 2.28. The number of Topliss-reactive ketones (excluding diaryl/α,β-unsaturated/α-hetero) is 2. The zero-order valence-electron chi connectivity index (χ0n) is 34.6. The Morgan fingerprint density at radius 3 is 1.08 bits per heavy atom. The maximum atomic E-state index is 13.5. The number of phenolic OH excluding ortho intramolecular Hbond substituents is 2. The Balaban J connectivity index is 2.31. The number of carbonyl (C=O) groups excluding carboxylic acids is 2. The maximum absolute atomic E-state index is 13.5. The van der Waals surface area contributed by atoms with Gasteiger partial charge in [-0.2, -0.15) is 0 Å². The van der Waals surface area contributed by atoms with E-state index in [0.29, 0.717) is 24.0 Å². The molecule has 0 radical (unpaired) electrons. The number of hydrogen-bond donors (Lipinski definition) is 2. The fourth-order valence-electron chi connectivity index (χ4n) is 5.96. The van der Waals surface area contributed by atoms with Crippen LogP contribution >= 0.6 is 8.25 Å². The first-order valence-electron chi connectivity index (χ1n) is 18.8. The minimum atomic E-state index is -3.16. The summed E-state index contributed by atoms with van der Waals surface area (Å²) in [4.78, 5) is 26.9. The topological polar surface area (TPSA) is 110 Å². The van der Waals surface area contributed by atoms with Gasteiger partial charge in [0.1, 0.15) is 24.7 Å². The lowest BCUT2D eigenvalue weighted by Gasteiger charge is -2.28. The lowest BCUT2D eigenvalue weighted by Crippen LogP contribution is -2.17. The summed E-state index contributed by atoms with van der Waals surface area (Å²) in [5.74, 6) is -0.0613. The molecule has 7 nitrogen and oxygen atoms in total. The summed E-state index contributed by atoms with van der Waals surface area (Å²) in [6.07, 6.45) is 8.08. The molecule has 0 aliphatic heterocycles. The predicted molar refractivity (Wildman–Crippen MR) is 217 cm³/mol. The maximum Gasteiger partial charge on any atom is 0.320 e. The van der Waals surface area contributed by atoms with E-state index in [1.807, 2.05) is 120 Å². The molecule has 0 heterocycles. The molecule has 0 aliphatic rings. The Hall–Kier alpha value is -2.99. The van der Waals surface area contributed by atoms with E-state index >= 15 is 0 Å². The van der Waals surface area contributed by atoms with Gasteiger partial charge in [0.05, 0.1) is 0 Å².